The lowest BCUT2D eigenvalue weighted by molar-refractivity contribution is -0.133. The van der Waals surface area contributed by atoms with Gasteiger partial charge in [0.05, 0.1) is 12.6 Å². The molecule has 1 aliphatic rings. The standard InChI is InChI=1S/C26H30ClN3O3/c1-18(2)33-14-8-13-28-25(32)26(3)17-29-22-12-7-5-9-19(22)15-23(29)24(31)30(26)16-20-10-4-6-11-21(20)27/h4-7,9-12,15,18H,8,13-14,16-17H2,1-3H3,(H,28,32)/t26-/m1/s1. The van der Waals surface area contributed by atoms with Crippen LogP contribution in [0.4, 0.5) is 0 Å². The van der Waals surface area contributed by atoms with E-state index in [1.54, 1.807) is 11.0 Å². The van der Waals surface area contributed by atoms with Crippen LogP contribution in [0.25, 0.3) is 10.9 Å². The van der Waals surface area contributed by atoms with Gasteiger partial charge in [0.2, 0.25) is 5.91 Å². The molecule has 0 bridgehead atoms. The summed E-state index contributed by atoms with van der Waals surface area (Å²) >= 11 is 6.41. The van der Waals surface area contributed by atoms with E-state index in [0.717, 1.165) is 16.5 Å². The van der Waals surface area contributed by atoms with Gasteiger partial charge in [-0.25, -0.2) is 0 Å². The normalized spacial score (nSPS) is 18.1. The van der Waals surface area contributed by atoms with Gasteiger partial charge in [-0.05, 0) is 51.0 Å². The van der Waals surface area contributed by atoms with Crippen molar-refractivity contribution in [3.63, 3.8) is 0 Å². The summed E-state index contributed by atoms with van der Waals surface area (Å²) in [4.78, 5) is 28.9. The number of amides is 2. The molecule has 1 N–H and O–H groups in total. The van der Waals surface area contributed by atoms with Crippen LogP contribution in [0.1, 0.15) is 43.2 Å². The van der Waals surface area contributed by atoms with Gasteiger partial charge in [0.25, 0.3) is 5.91 Å². The average molecular weight is 468 g/mol. The number of carbonyl (C=O) groups is 2. The first-order valence-corrected chi connectivity index (χ1v) is 11.7. The molecule has 2 amide bonds. The Balaban J connectivity index is 1.66. The van der Waals surface area contributed by atoms with Gasteiger partial charge in [-0.15, -0.1) is 0 Å². The number of benzene rings is 2. The molecule has 0 unspecified atom stereocenters. The zero-order valence-corrected chi connectivity index (χ0v) is 20.1. The molecule has 174 valence electrons. The van der Waals surface area contributed by atoms with E-state index >= 15 is 0 Å². The minimum absolute atomic E-state index is 0.153. The first-order chi connectivity index (χ1) is 15.8. The van der Waals surface area contributed by atoms with E-state index in [0.29, 0.717) is 36.8 Å². The molecular weight excluding hydrogens is 438 g/mol. The Kier molecular flexibility index (Phi) is 6.77. The van der Waals surface area contributed by atoms with Crippen molar-refractivity contribution in [1.82, 2.24) is 14.8 Å². The fraction of sp³-hybridized carbons (Fsp3) is 0.385. The molecule has 1 aliphatic heterocycles. The van der Waals surface area contributed by atoms with Gasteiger partial charge in [-0.3, -0.25) is 9.59 Å². The molecular formula is C26H30ClN3O3. The Bertz CT molecular complexity index is 1170. The van der Waals surface area contributed by atoms with Crippen LogP contribution in [0.2, 0.25) is 5.02 Å². The Morgan fingerprint density at radius 1 is 1.18 bits per heavy atom. The maximum absolute atomic E-state index is 13.7. The fourth-order valence-corrected chi connectivity index (χ4v) is 4.53. The van der Waals surface area contributed by atoms with E-state index < -0.39 is 5.54 Å². The lowest BCUT2D eigenvalue weighted by atomic mass is 9.93. The Morgan fingerprint density at radius 3 is 2.67 bits per heavy atom. The summed E-state index contributed by atoms with van der Waals surface area (Å²) in [6.45, 7) is 7.47. The maximum atomic E-state index is 13.7. The van der Waals surface area contributed by atoms with E-state index in [4.69, 9.17) is 16.3 Å². The Morgan fingerprint density at radius 2 is 1.91 bits per heavy atom. The Hall–Kier alpha value is -2.83. The predicted octanol–water partition coefficient (Wildman–Crippen LogP) is 4.64. The van der Waals surface area contributed by atoms with Crippen molar-refractivity contribution >= 4 is 34.3 Å². The summed E-state index contributed by atoms with van der Waals surface area (Å²) in [6, 6.07) is 17.2. The second kappa shape index (κ2) is 9.57. The topological polar surface area (TPSA) is 63.6 Å². The molecule has 6 nitrogen and oxygen atoms in total. The number of nitrogens with zero attached hydrogens (tertiary/aromatic N) is 2. The summed E-state index contributed by atoms with van der Waals surface area (Å²) < 4.78 is 7.53. The van der Waals surface area contributed by atoms with Gasteiger partial charge < -0.3 is 19.5 Å². The van der Waals surface area contributed by atoms with Crippen molar-refractivity contribution < 1.29 is 14.3 Å². The average Bonchev–Trinajstić information content (AvgIpc) is 3.15. The highest BCUT2D eigenvalue weighted by Crippen LogP contribution is 2.34. The third kappa shape index (κ3) is 4.63. The summed E-state index contributed by atoms with van der Waals surface area (Å²) in [7, 11) is 0. The molecule has 1 atom stereocenters. The largest absolute Gasteiger partial charge is 0.379 e. The van der Waals surface area contributed by atoms with Crippen LogP contribution in [0.15, 0.2) is 54.6 Å². The molecule has 33 heavy (non-hydrogen) atoms. The maximum Gasteiger partial charge on any atom is 0.271 e. The number of fused-ring (bicyclic) bond motifs is 3. The molecule has 4 rings (SSSR count). The molecule has 0 radical (unpaired) electrons. The number of aromatic nitrogens is 1. The third-order valence-electron chi connectivity index (χ3n) is 6.17. The number of rotatable bonds is 8. The molecule has 0 saturated carbocycles. The van der Waals surface area contributed by atoms with Crippen LogP contribution in [0, 0.1) is 0 Å². The second-order valence-electron chi connectivity index (χ2n) is 8.96. The SMILES string of the molecule is CC(C)OCCCNC(=O)[C@@]1(C)Cn2c(cc3ccccc32)C(=O)N1Cc1ccccc1Cl. The zero-order valence-electron chi connectivity index (χ0n) is 19.3. The van der Waals surface area contributed by atoms with Gasteiger partial charge in [-0.1, -0.05) is 48.0 Å². The quantitative estimate of drug-likeness (QED) is 0.491. The van der Waals surface area contributed by atoms with E-state index in [2.05, 4.69) is 5.32 Å². The lowest BCUT2D eigenvalue weighted by Crippen LogP contribution is -2.63. The number of para-hydroxylation sites is 1. The van der Waals surface area contributed by atoms with Crippen LogP contribution in [0.5, 0.6) is 0 Å². The second-order valence-corrected chi connectivity index (χ2v) is 9.37. The van der Waals surface area contributed by atoms with Gasteiger partial charge in [0.15, 0.2) is 0 Å². The zero-order chi connectivity index (χ0) is 23.6. The highest BCUT2D eigenvalue weighted by molar-refractivity contribution is 6.31. The molecule has 7 heteroatoms. The van der Waals surface area contributed by atoms with E-state index in [-0.39, 0.29) is 24.5 Å². The minimum atomic E-state index is -1.08. The van der Waals surface area contributed by atoms with E-state index in [9.17, 15) is 9.59 Å². The first-order valence-electron chi connectivity index (χ1n) is 11.3. The minimum Gasteiger partial charge on any atom is -0.379 e. The number of carbonyl (C=O) groups excluding carboxylic acids is 2. The van der Waals surface area contributed by atoms with Gasteiger partial charge in [0, 0.05) is 35.6 Å². The van der Waals surface area contributed by atoms with Crippen LogP contribution in [-0.2, 0) is 22.6 Å². The van der Waals surface area contributed by atoms with E-state index in [1.165, 1.54) is 0 Å². The number of halogens is 1. The molecule has 1 aromatic heterocycles. The molecule has 0 fully saturated rings. The summed E-state index contributed by atoms with van der Waals surface area (Å²) in [6.07, 6.45) is 0.858. The third-order valence-corrected chi connectivity index (χ3v) is 6.54. The van der Waals surface area contributed by atoms with Crippen LogP contribution in [-0.4, -0.2) is 46.1 Å². The lowest BCUT2D eigenvalue weighted by Gasteiger charge is -2.44. The van der Waals surface area contributed by atoms with Crippen molar-refractivity contribution in [2.24, 2.45) is 0 Å². The molecule has 2 heterocycles. The smallest absolute Gasteiger partial charge is 0.271 e. The highest BCUT2D eigenvalue weighted by atomic mass is 35.5. The summed E-state index contributed by atoms with van der Waals surface area (Å²) in [5.41, 5.74) is 1.26. The summed E-state index contributed by atoms with van der Waals surface area (Å²) in [5, 5.41) is 4.58. The Labute approximate surface area is 199 Å². The van der Waals surface area contributed by atoms with Crippen molar-refractivity contribution in [2.75, 3.05) is 13.2 Å². The van der Waals surface area contributed by atoms with Crippen molar-refractivity contribution in [3.8, 4) is 0 Å². The van der Waals surface area contributed by atoms with E-state index in [1.807, 2.05) is 73.9 Å². The van der Waals surface area contributed by atoms with Crippen LogP contribution >= 0.6 is 11.6 Å². The molecule has 2 aromatic carbocycles. The first kappa shape index (κ1) is 23.3. The van der Waals surface area contributed by atoms with Crippen molar-refractivity contribution in [2.45, 2.75) is 51.9 Å². The van der Waals surface area contributed by atoms with Crippen LogP contribution in [0.3, 0.4) is 0 Å². The number of hydrogen-bond donors (Lipinski definition) is 1. The van der Waals surface area contributed by atoms with Gasteiger partial charge in [0.1, 0.15) is 11.2 Å². The molecule has 0 aliphatic carbocycles. The number of hydrogen-bond acceptors (Lipinski definition) is 3. The highest BCUT2D eigenvalue weighted by Gasteiger charge is 2.47. The van der Waals surface area contributed by atoms with Gasteiger partial charge >= 0.3 is 0 Å². The molecule has 3 aromatic rings. The van der Waals surface area contributed by atoms with Crippen molar-refractivity contribution in [1.29, 1.82) is 0 Å². The van der Waals surface area contributed by atoms with Gasteiger partial charge in [-0.2, -0.15) is 0 Å². The van der Waals surface area contributed by atoms with Crippen LogP contribution < -0.4 is 5.32 Å². The molecule has 0 spiro atoms. The predicted molar refractivity (Wildman–Crippen MR) is 130 cm³/mol. The van der Waals surface area contributed by atoms with Crippen molar-refractivity contribution in [3.05, 3.63) is 70.9 Å². The molecule has 0 saturated heterocycles. The number of ether oxygens (including phenoxy) is 1. The number of nitrogens with one attached hydrogen (secondary N) is 1. The summed E-state index contributed by atoms with van der Waals surface area (Å²) in [5.74, 6) is -0.367. The monoisotopic (exact) mass is 467 g/mol. The fourth-order valence-electron chi connectivity index (χ4n) is 4.33.